The zero-order chi connectivity index (χ0) is 78.2. The summed E-state index contributed by atoms with van der Waals surface area (Å²) in [4.78, 5) is 4.66. The molecule has 6 heteroatoms. The Balaban J connectivity index is 0.000000148. The summed E-state index contributed by atoms with van der Waals surface area (Å²) in [6, 6.07) is 165. The van der Waals surface area contributed by atoms with Crippen LogP contribution >= 0.6 is 11.3 Å². The van der Waals surface area contributed by atoms with Gasteiger partial charge in [-0.1, -0.05) is 297 Å². The number of fused-ring (bicyclic) bond motifs is 9. The highest BCUT2D eigenvalue weighted by molar-refractivity contribution is 7.26. The van der Waals surface area contributed by atoms with E-state index in [0.29, 0.717) is 0 Å². The van der Waals surface area contributed by atoms with Gasteiger partial charge in [0, 0.05) is 98.3 Å². The summed E-state index contributed by atoms with van der Waals surface area (Å²) in [5, 5.41) is 7.53. The number of benzene rings is 18. The van der Waals surface area contributed by atoms with Gasteiger partial charge in [0.15, 0.2) is 0 Å². The average molecular weight is 1530 g/mol. The molecule has 0 unspecified atom stereocenters. The Bertz CT molecular complexity index is 7160. The number of anilines is 6. The molecule has 0 aliphatic heterocycles. The van der Waals surface area contributed by atoms with E-state index in [1.807, 2.05) is 11.3 Å². The van der Waals surface area contributed by atoms with Crippen LogP contribution < -0.4 is 9.80 Å². The molecular formula is C112H76N4OS. The van der Waals surface area contributed by atoms with E-state index in [-0.39, 0.29) is 0 Å². The number of aromatic nitrogens is 2. The molecule has 0 amide bonds. The van der Waals surface area contributed by atoms with Crippen LogP contribution in [-0.2, 0) is 0 Å². The molecule has 0 spiro atoms. The van der Waals surface area contributed by atoms with Crippen molar-refractivity contribution >= 4 is 109 Å². The van der Waals surface area contributed by atoms with Gasteiger partial charge in [-0.2, -0.15) is 0 Å². The van der Waals surface area contributed by atoms with Gasteiger partial charge in [-0.05, 0) is 231 Å². The van der Waals surface area contributed by atoms with Crippen LogP contribution in [0.15, 0.2) is 465 Å². The van der Waals surface area contributed by atoms with E-state index in [1.54, 1.807) is 0 Å². The Morgan fingerprint density at radius 2 is 0.441 bits per heavy atom. The molecule has 4 aromatic heterocycles. The van der Waals surface area contributed by atoms with Gasteiger partial charge in [-0.25, -0.2) is 0 Å². The normalized spacial score (nSPS) is 11.4. The predicted molar refractivity (Wildman–Crippen MR) is 500 cm³/mol. The molecule has 0 N–H and O–H groups in total. The number of hydrogen-bond donors (Lipinski definition) is 0. The second-order valence-electron chi connectivity index (χ2n) is 29.9. The molecule has 0 radical (unpaired) electrons. The van der Waals surface area contributed by atoms with Crippen molar-refractivity contribution < 1.29 is 4.42 Å². The van der Waals surface area contributed by atoms with Crippen molar-refractivity contribution in [3.63, 3.8) is 0 Å². The fourth-order valence-corrected chi connectivity index (χ4v) is 18.5. The largest absolute Gasteiger partial charge is 0.456 e. The fraction of sp³-hybridized carbons (Fsp3) is 0. The molecule has 556 valence electrons. The third kappa shape index (κ3) is 13.3. The van der Waals surface area contributed by atoms with Crippen molar-refractivity contribution in [3.8, 4) is 101 Å². The maximum absolute atomic E-state index is 6.57. The van der Waals surface area contributed by atoms with Crippen molar-refractivity contribution in [3.05, 3.63) is 461 Å². The number of hydrogen-bond acceptors (Lipinski definition) is 4. The monoisotopic (exact) mass is 1520 g/mol. The van der Waals surface area contributed by atoms with Crippen molar-refractivity contribution in [2.75, 3.05) is 9.80 Å². The first kappa shape index (κ1) is 70.5. The lowest BCUT2D eigenvalue weighted by Crippen LogP contribution is -2.09. The summed E-state index contributed by atoms with van der Waals surface area (Å²) in [6.45, 7) is 0. The molecule has 18 aromatic carbocycles. The van der Waals surface area contributed by atoms with E-state index in [0.717, 1.165) is 62.5 Å². The van der Waals surface area contributed by atoms with Crippen LogP contribution in [0, 0.1) is 0 Å². The Morgan fingerprint density at radius 1 is 0.178 bits per heavy atom. The lowest BCUT2D eigenvalue weighted by Gasteiger charge is -2.26. The second-order valence-corrected chi connectivity index (χ2v) is 30.9. The summed E-state index contributed by atoms with van der Waals surface area (Å²) in [7, 11) is 0. The van der Waals surface area contributed by atoms with Crippen molar-refractivity contribution in [1.29, 1.82) is 0 Å². The third-order valence-corrected chi connectivity index (χ3v) is 24.2. The van der Waals surface area contributed by atoms with Crippen LogP contribution in [-0.4, -0.2) is 9.13 Å². The molecule has 0 saturated heterocycles. The SMILES string of the molecule is c1ccc(-c2ccc(N(c3ccc(-c4ccccc4)cc3)c3ccc(-c4ccc(-c5ccc6c(c5)c5ccccc5n6-c5ccccc5)o4)cc3)cc2)cc1.c1ccc(-c2ccc(N(c3ccc(-c4ccccc4)cc3)c3ccc(-c4cccc5c4sc4c(-c6ccc7c(c6)c6ccccc6n7-c6ccccc6)cccc45)cc3)cc2)cc1. The minimum Gasteiger partial charge on any atom is -0.456 e. The standard InChI is InChI=1S/C60H40N2S.C52H36N2O/c1-4-14-41(15-5-1)43-26-33-48(34-27-43)61(49-35-28-44(29-36-49)42-16-6-2-7-17-42)50-37-30-45(31-38-50)51-21-12-23-54-55-24-13-22-52(60(55)63-59(51)54)46-32-39-58-56(40-46)53-20-10-11-25-57(53)62(58)47-18-8-3-9-19-47;1-4-12-37(13-5-1)39-20-27-44(28-21-39)53(45-29-22-40(23-30-45)38-14-6-2-7-15-38)46-31-24-41(25-32-46)51-34-35-52(55-51)42-26-33-50-48(36-42)47-18-10-11-19-49(47)54(50)43-16-8-3-9-17-43/h1-40H;1-36H. The smallest absolute Gasteiger partial charge is 0.134 e. The highest BCUT2D eigenvalue weighted by Gasteiger charge is 2.22. The van der Waals surface area contributed by atoms with Crippen molar-refractivity contribution in [2.45, 2.75) is 0 Å². The molecule has 4 heterocycles. The topological polar surface area (TPSA) is 29.5 Å². The van der Waals surface area contributed by atoms with Crippen LogP contribution in [0.2, 0.25) is 0 Å². The molecule has 5 nitrogen and oxygen atoms in total. The van der Waals surface area contributed by atoms with Crippen molar-refractivity contribution in [1.82, 2.24) is 9.13 Å². The lowest BCUT2D eigenvalue weighted by molar-refractivity contribution is 0.597. The van der Waals surface area contributed by atoms with Crippen LogP contribution in [0.4, 0.5) is 34.1 Å². The molecule has 0 aliphatic carbocycles. The van der Waals surface area contributed by atoms with Crippen molar-refractivity contribution in [2.24, 2.45) is 0 Å². The van der Waals surface area contributed by atoms with Gasteiger partial charge >= 0.3 is 0 Å². The van der Waals surface area contributed by atoms with Gasteiger partial charge in [0.05, 0.1) is 22.1 Å². The summed E-state index contributed by atoms with van der Waals surface area (Å²) >= 11 is 1.90. The number of rotatable bonds is 16. The van der Waals surface area contributed by atoms with E-state index in [1.165, 1.54) is 136 Å². The first-order chi connectivity index (χ1) is 58.5. The van der Waals surface area contributed by atoms with Gasteiger partial charge in [0.1, 0.15) is 11.5 Å². The molecule has 0 atom stereocenters. The number of nitrogens with zero attached hydrogens (tertiary/aromatic N) is 4. The third-order valence-electron chi connectivity index (χ3n) is 22.9. The molecule has 22 rings (SSSR count). The van der Waals surface area contributed by atoms with E-state index in [2.05, 4.69) is 480 Å². The van der Waals surface area contributed by atoms with Gasteiger partial charge in [0.2, 0.25) is 0 Å². The first-order valence-electron chi connectivity index (χ1n) is 40.2. The summed E-state index contributed by atoms with van der Waals surface area (Å²) in [5.41, 5.74) is 30.3. The highest BCUT2D eigenvalue weighted by atomic mass is 32.1. The number of furan rings is 1. The van der Waals surface area contributed by atoms with Crippen LogP contribution in [0.5, 0.6) is 0 Å². The molecular weight excluding hydrogens is 1450 g/mol. The van der Waals surface area contributed by atoms with E-state index in [9.17, 15) is 0 Å². The van der Waals surface area contributed by atoms with E-state index < -0.39 is 0 Å². The Morgan fingerprint density at radius 3 is 0.814 bits per heavy atom. The molecule has 118 heavy (non-hydrogen) atoms. The van der Waals surface area contributed by atoms with Gasteiger partial charge in [-0.15, -0.1) is 11.3 Å². The minimum atomic E-state index is 0.833. The Kier molecular flexibility index (Phi) is 18.4. The van der Waals surface area contributed by atoms with Crippen LogP contribution in [0.25, 0.3) is 165 Å². The quantitative estimate of drug-likeness (QED) is 0.0966. The van der Waals surface area contributed by atoms with E-state index >= 15 is 0 Å². The minimum absolute atomic E-state index is 0.833. The fourth-order valence-electron chi connectivity index (χ4n) is 17.1. The summed E-state index contributed by atoms with van der Waals surface area (Å²) < 4.78 is 13.9. The molecule has 0 bridgehead atoms. The molecule has 0 aliphatic rings. The Hall–Kier alpha value is -15.3. The average Bonchev–Trinajstić information content (AvgIpc) is 1.58. The maximum Gasteiger partial charge on any atom is 0.134 e. The van der Waals surface area contributed by atoms with Gasteiger partial charge in [0.25, 0.3) is 0 Å². The molecule has 0 fully saturated rings. The second kappa shape index (κ2) is 30.9. The van der Waals surface area contributed by atoms with Crippen LogP contribution in [0.3, 0.4) is 0 Å². The highest BCUT2D eigenvalue weighted by Crippen LogP contribution is 2.48. The zero-order valence-corrected chi connectivity index (χ0v) is 65.3. The summed E-state index contributed by atoms with van der Waals surface area (Å²) in [5.74, 6) is 1.68. The predicted octanol–water partition coefficient (Wildman–Crippen LogP) is 31.8. The number of thiophene rings is 1. The lowest BCUT2D eigenvalue weighted by atomic mass is 9.99. The van der Waals surface area contributed by atoms with Crippen LogP contribution in [0.1, 0.15) is 0 Å². The van der Waals surface area contributed by atoms with E-state index in [4.69, 9.17) is 4.42 Å². The first-order valence-corrected chi connectivity index (χ1v) is 41.0. The number of para-hydroxylation sites is 4. The molecule has 22 aromatic rings. The summed E-state index contributed by atoms with van der Waals surface area (Å²) in [6.07, 6.45) is 0. The maximum atomic E-state index is 6.57. The molecule has 0 saturated carbocycles. The Labute approximate surface area is 689 Å². The zero-order valence-electron chi connectivity index (χ0n) is 64.5. The van der Waals surface area contributed by atoms with Gasteiger partial charge < -0.3 is 23.4 Å². The van der Waals surface area contributed by atoms with Gasteiger partial charge in [-0.3, -0.25) is 0 Å².